The number of benzene rings is 2. The van der Waals surface area contributed by atoms with Gasteiger partial charge in [0, 0.05) is 38.3 Å². The van der Waals surface area contributed by atoms with Crippen LogP contribution < -0.4 is 19.5 Å². The highest BCUT2D eigenvalue weighted by atomic mass is 35.5. The van der Waals surface area contributed by atoms with E-state index in [4.69, 9.17) is 40.0 Å². The number of ether oxygens (including phenoxy) is 6. The molecule has 1 unspecified atom stereocenters. The Kier molecular flexibility index (Phi) is 11.4. The fraction of sp³-hybridized carbons (Fsp3) is 0.417. The summed E-state index contributed by atoms with van der Waals surface area (Å²) in [6, 6.07) is 3.59. The van der Waals surface area contributed by atoms with E-state index in [9.17, 15) is 19.8 Å². The van der Waals surface area contributed by atoms with Gasteiger partial charge in [0.25, 0.3) is 0 Å². The fourth-order valence-electron chi connectivity index (χ4n) is 3.45. The van der Waals surface area contributed by atoms with E-state index in [-0.39, 0.29) is 59.3 Å². The third-order valence-electron chi connectivity index (χ3n) is 4.97. The van der Waals surface area contributed by atoms with Crippen molar-refractivity contribution in [2.45, 2.75) is 32.3 Å². The Balaban J connectivity index is 2.53. The van der Waals surface area contributed by atoms with Crippen molar-refractivity contribution in [1.29, 1.82) is 0 Å². The van der Waals surface area contributed by atoms with Crippen LogP contribution in [0.3, 0.4) is 0 Å². The third-order valence-corrected chi connectivity index (χ3v) is 5.27. The van der Waals surface area contributed by atoms with E-state index in [1.807, 2.05) is 6.92 Å². The van der Waals surface area contributed by atoms with Crippen molar-refractivity contribution >= 4 is 29.7 Å². The first kappa shape index (κ1) is 28.8. The first-order valence-electron chi connectivity index (χ1n) is 10.9. The van der Waals surface area contributed by atoms with Crippen LogP contribution in [0, 0.1) is 0 Å². The molecular weight excluding hydrogens is 498 g/mol. The smallest absolute Gasteiger partial charge is 0.342 e. The molecule has 2 rings (SSSR count). The molecule has 0 aliphatic heterocycles. The van der Waals surface area contributed by atoms with Gasteiger partial charge in [-0.25, -0.2) is 4.79 Å². The van der Waals surface area contributed by atoms with Gasteiger partial charge in [-0.2, -0.15) is 0 Å². The van der Waals surface area contributed by atoms with E-state index in [2.05, 4.69) is 5.32 Å². The van der Waals surface area contributed by atoms with E-state index >= 15 is 0 Å². The predicted octanol–water partition coefficient (Wildman–Crippen LogP) is 3.86. The lowest BCUT2D eigenvalue weighted by molar-refractivity contribution is -0.105. The first-order chi connectivity index (χ1) is 17.3. The van der Waals surface area contributed by atoms with Gasteiger partial charge in [0.05, 0.1) is 17.8 Å². The summed E-state index contributed by atoms with van der Waals surface area (Å²) in [5.74, 6) is -0.924. The van der Waals surface area contributed by atoms with Gasteiger partial charge in [0.2, 0.25) is 6.41 Å². The standard InChI is InChI=1S/C24H30ClNO10/c1-5-6-14(36-24(30)15-8-17(25)20(29)10-19(15)28)7-16-22(35-13-32-3)18(26-11-27)9-21(23(16)33-4)34-12-31-2/h8-11,14,28-29H,5-7,12-13H2,1-4H3,(H,26,27). The number of anilines is 1. The van der Waals surface area contributed by atoms with Crippen molar-refractivity contribution in [3.8, 4) is 28.7 Å². The van der Waals surface area contributed by atoms with Crippen LogP contribution in [0.1, 0.15) is 35.7 Å². The number of phenols is 2. The number of halogens is 1. The maximum absolute atomic E-state index is 12.9. The fourth-order valence-corrected chi connectivity index (χ4v) is 3.61. The zero-order chi connectivity index (χ0) is 26.7. The Morgan fingerprint density at radius 2 is 1.75 bits per heavy atom. The van der Waals surface area contributed by atoms with Crippen molar-refractivity contribution in [3.05, 3.63) is 34.3 Å². The topological polar surface area (TPSA) is 142 Å². The van der Waals surface area contributed by atoms with Crippen LogP contribution in [0.4, 0.5) is 5.69 Å². The third kappa shape index (κ3) is 7.30. The molecule has 0 aromatic heterocycles. The summed E-state index contributed by atoms with van der Waals surface area (Å²) in [4.78, 5) is 24.2. The summed E-state index contributed by atoms with van der Waals surface area (Å²) in [6.07, 6.45) is 0.939. The van der Waals surface area contributed by atoms with Gasteiger partial charge in [-0.05, 0) is 12.5 Å². The highest BCUT2D eigenvalue weighted by Crippen LogP contribution is 2.44. The van der Waals surface area contributed by atoms with Crippen molar-refractivity contribution in [3.63, 3.8) is 0 Å². The molecule has 0 heterocycles. The summed E-state index contributed by atoms with van der Waals surface area (Å²) in [7, 11) is 4.33. The number of amides is 1. The molecule has 0 spiro atoms. The number of carbonyl (C=O) groups excluding carboxylic acids is 2. The predicted molar refractivity (Wildman–Crippen MR) is 130 cm³/mol. The highest BCUT2D eigenvalue weighted by molar-refractivity contribution is 6.32. The molecule has 0 bridgehead atoms. The monoisotopic (exact) mass is 527 g/mol. The SMILES string of the molecule is CCCC(Cc1c(OCOC)c(NC=O)cc(OCOC)c1OC)OC(=O)c1cc(Cl)c(O)cc1O. The van der Waals surface area contributed by atoms with E-state index in [1.54, 1.807) is 0 Å². The number of rotatable bonds is 15. The van der Waals surface area contributed by atoms with Gasteiger partial charge in [0.1, 0.15) is 23.2 Å². The second kappa shape index (κ2) is 14.2. The van der Waals surface area contributed by atoms with Gasteiger partial charge in [0.15, 0.2) is 30.8 Å². The average Bonchev–Trinajstić information content (AvgIpc) is 2.84. The van der Waals surface area contributed by atoms with Crippen LogP contribution in [0.25, 0.3) is 0 Å². The van der Waals surface area contributed by atoms with Crippen LogP contribution >= 0.6 is 11.6 Å². The van der Waals surface area contributed by atoms with Gasteiger partial charge in [-0.1, -0.05) is 24.9 Å². The Labute approximate surface area is 213 Å². The molecule has 11 nitrogen and oxygen atoms in total. The summed E-state index contributed by atoms with van der Waals surface area (Å²) in [5.41, 5.74) is 0.502. The van der Waals surface area contributed by atoms with Crippen LogP contribution in [0.2, 0.25) is 5.02 Å². The van der Waals surface area contributed by atoms with Crippen molar-refractivity contribution in [1.82, 2.24) is 0 Å². The number of methoxy groups -OCH3 is 3. The maximum atomic E-state index is 12.9. The molecule has 2 aromatic rings. The van der Waals surface area contributed by atoms with Crippen molar-refractivity contribution in [2.24, 2.45) is 0 Å². The molecule has 0 saturated carbocycles. The Morgan fingerprint density at radius 3 is 2.36 bits per heavy atom. The molecule has 198 valence electrons. The quantitative estimate of drug-likeness (QED) is 0.177. The molecule has 1 amide bonds. The van der Waals surface area contributed by atoms with Gasteiger partial charge < -0.3 is 44.0 Å². The van der Waals surface area contributed by atoms with Gasteiger partial charge >= 0.3 is 5.97 Å². The lowest BCUT2D eigenvalue weighted by Gasteiger charge is -2.24. The molecule has 0 radical (unpaired) electrons. The van der Waals surface area contributed by atoms with Crippen LogP contribution in [0.5, 0.6) is 28.7 Å². The minimum atomic E-state index is -0.843. The van der Waals surface area contributed by atoms with Gasteiger partial charge in [-0.15, -0.1) is 0 Å². The number of nitrogens with one attached hydrogen (secondary N) is 1. The molecule has 0 aliphatic rings. The van der Waals surface area contributed by atoms with Crippen LogP contribution in [0.15, 0.2) is 18.2 Å². The summed E-state index contributed by atoms with van der Waals surface area (Å²) >= 11 is 5.90. The molecule has 0 saturated heterocycles. The lowest BCUT2D eigenvalue weighted by atomic mass is 10.0. The second-order valence-corrected chi connectivity index (χ2v) is 7.88. The summed E-state index contributed by atoms with van der Waals surface area (Å²) < 4.78 is 32.7. The minimum Gasteiger partial charge on any atom is -0.507 e. The molecule has 0 aliphatic carbocycles. The van der Waals surface area contributed by atoms with Gasteiger partial charge in [-0.3, -0.25) is 4.79 Å². The first-order valence-corrected chi connectivity index (χ1v) is 11.3. The zero-order valence-electron chi connectivity index (χ0n) is 20.5. The maximum Gasteiger partial charge on any atom is 0.342 e. The van der Waals surface area contributed by atoms with Crippen molar-refractivity contribution < 1.29 is 48.2 Å². The van der Waals surface area contributed by atoms with E-state index in [0.29, 0.717) is 24.8 Å². The van der Waals surface area contributed by atoms with Crippen molar-refractivity contribution in [2.75, 3.05) is 40.2 Å². The Hall–Kier alpha value is -3.41. The minimum absolute atomic E-state index is 0.0894. The average molecular weight is 528 g/mol. The number of esters is 1. The Bertz CT molecular complexity index is 1050. The second-order valence-electron chi connectivity index (χ2n) is 7.47. The largest absolute Gasteiger partial charge is 0.507 e. The molecule has 36 heavy (non-hydrogen) atoms. The zero-order valence-corrected chi connectivity index (χ0v) is 21.2. The number of carbonyl (C=O) groups is 2. The summed E-state index contributed by atoms with van der Waals surface area (Å²) in [5, 5.41) is 22.2. The summed E-state index contributed by atoms with van der Waals surface area (Å²) in [6.45, 7) is 1.68. The van der Waals surface area contributed by atoms with Crippen LogP contribution in [-0.2, 0) is 25.4 Å². The number of aromatic hydroxyl groups is 2. The van der Waals surface area contributed by atoms with E-state index in [0.717, 1.165) is 12.1 Å². The normalized spacial score (nSPS) is 11.5. The molecular formula is C24H30ClNO10. The molecule has 3 N–H and O–H groups in total. The Morgan fingerprint density at radius 1 is 1.06 bits per heavy atom. The van der Waals surface area contributed by atoms with E-state index < -0.39 is 17.8 Å². The number of hydrogen-bond acceptors (Lipinski definition) is 10. The van der Waals surface area contributed by atoms with E-state index in [1.165, 1.54) is 27.4 Å². The number of hydrogen-bond donors (Lipinski definition) is 3. The molecule has 0 fully saturated rings. The highest BCUT2D eigenvalue weighted by Gasteiger charge is 2.27. The molecule has 12 heteroatoms. The lowest BCUT2D eigenvalue weighted by Crippen LogP contribution is -2.22. The number of phenolic OH excluding ortho intramolecular Hbond substituents is 2. The molecule has 2 aromatic carbocycles. The molecule has 1 atom stereocenters. The van der Waals surface area contributed by atoms with Crippen LogP contribution in [-0.4, -0.2) is 63.6 Å².